The molecule has 1 heterocycles. The minimum Gasteiger partial charge on any atom is -0.368 e. The van der Waals surface area contributed by atoms with E-state index < -0.39 is 10.8 Å². The highest BCUT2D eigenvalue weighted by molar-refractivity contribution is 7.84. The van der Waals surface area contributed by atoms with Gasteiger partial charge in [-0.05, 0) is 30.2 Å². The summed E-state index contributed by atoms with van der Waals surface area (Å²) in [5.41, 5.74) is 3.71. The maximum atomic E-state index is 12.3. The van der Waals surface area contributed by atoms with Crippen molar-refractivity contribution < 1.29 is 4.21 Å². The second kappa shape index (κ2) is 10.3. The van der Waals surface area contributed by atoms with E-state index in [2.05, 4.69) is 51.3 Å². The van der Waals surface area contributed by atoms with E-state index in [0.29, 0.717) is 18.1 Å². The van der Waals surface area contributed by atoms with Gasteiger partial charge in [0.2, 0.25) is 0 Å². The Hall–Kier alpha value is -2.34. The molecule has 0 bridgehead atoms. The summed E-state index contributed by atoms with van der Waals surface area (Å²) < 4.78 is 12.3. The topological polar surface area (TPSA) is 47.9 Å². The number of nitrogens with zero attached hydrogens (tertiary/aromatic N) is 3. The molecule has 1 unspecified atom stereocenters. The first-order valence-corrected chi connectivity index (χ1v) is 11.3. The van der Waals surface area contributed by atoms with Crippen LogP contribution in [-0.4, -0.2) is 60.6 Å². The second-order valence-corrected chi connectivity index (χ2v) is 8.64. The van der Waals surface area contributed by atoms with Crippen LogP contribution < -0.4 is 10.2 Å². The van der Waals surface area contributed by atoms with Crippen LogP contribution in [0.1, 0.15) is 11.1 Å². The standard InChI is InChI=1S/C22H30N4OS/c1-19-7-6-10-21(17-19)25-12-14-26(15-13-25)22(23-2)24-11-16-28(27)18-20-8-4-3-5-9-20/h3-10,17H,11-16,18H2,1-2H3,(H,23,24). The molecule has 3 rings (SSSR count). The van der Waals surface area contributed by atoms with Crippen molar-refractivity contribution in [1.82, 2.24) is 10.2 Å². The summed E-state index contributed by atoms with van der Waals surface area (Å²) in [4.78, 5) is 9.12. The summed E-state index contributed by atoms with van der Waals surface area (Å²) >= 11 is 0. The zero-order chi connectivity index (χ0) is 19.8. The fraction of sp³-hybridized carbons (Fsp3) is 0.409. The summed E-state index contributed by atoms with van der Waals surface area (Å²) in [6.45, 7) is 6.62. The van der Waals surface area contributed by atoms with Crippen molar-refractivity contribution in [3.63, 3.8) is 0 Å². The first-order valence-electron chi connectivity index (χ1n) is 9.82. The number of benzene rings is 2. The minimum atomic E-state index is -0.872. The molecule has 0 radical (unpaired) electrons. The normalized spacial score (nSPS) is 16.1. The highest BCUT2D eigenvalue weighted by atomic mass is 32.2. The number of aryl methyl sites for hydroxylation is 1. The van der Waals surface area contributed by atoms with Gasteiger partial charge in [0.1, 0.15) is 0 Å². The molecule has 0 aromatic heterocycles. The molecule has 1 atom stereocenters. The molecule has 5 nitrogen and oxygen atoms in total. The van der Waals surface area contributed by atoms with E-state index in [1.165, 1.54) is 11.3 Å². The molecule has 1 N–H and O–H groups in total. The van der Waals surface area contributed by atoms with Crippen LogP contribution in [0, 0.1) is 6.92 Å². The third kappa shape index (κ3) is 5.83. The maximum absolute atomic E-state index is 12.3. The summed E-state index contributed by atoms with van der Waals surface area (Å²) in [7, 11) is 0.944. The zero-order valence-electron chi connectivity index (χ0n) is 16.8. The van der Waals surface area contributed by atoms with E-state index in [1.807, 2.05) is 37.4 Å². The number of hydrogen-bond acceptors (Lipinski definition) is 3. The largest absolute Gasteiger partial charge is 0.368 e. The third-order valence-corrected chi connectivity index (χ3v) is 6.26. The summed E-state index contributed by atoms with van der Waals surface area (Å²) in [5.74, 6) is 2.13. The molecular weight excluding hydrogens is 368 g/mol. The predicted molar refractivity (Wildman–Crippen MR) is 119 cm³/mol. The summed E-state index contributed by atoms with van der Waals surface area (Å²) in [6.07, 6.45) is 0. The van der Waals surface area contributed by atoms with Crippen LogP contribution in [0.3, 0.4) is 0 Å². The van der Waals surface area contributed by atoms with Crippen molar-refractivity contribution in [2.24, 2.45) is 4.99 Å². The van der Waals surface area contributed by atoms with E-state index in [-0.39, 0.29) is 0 Å². The number of nitrogens with one attached hydrogen (secondary N) is 1. The van der Waals surface area contributed by atoms with Gasteiger partial charge in [0.15, 0.2) is 5.96 Å². The SMILES string of the molecule is CN=C(NCCS(=O)Cc1ccccc1)N1CCN(c2cccc(C)c2)CC1. The van der Waals surface area contributed by atoms with E-state index in [1.54, 1.807) is 0 Å². The average molecular weight is 399 g/mol. The van der Waals surface area contributed by atoms with Gasteiger partial charge in [-0.2, -0.15) is 0 Å². The molecule has 2 aromatic carbocycles. The molecule has 2 aromatic rings. The number of hydrogen-bond donors (Lipinski definition) is 1. The lowest BCUT2D eigenvalue weighted by molar-refractivity contribution is 0.373. The van der Waals surface area contributed by atoms with Gasteiger partial charge >= 0.3 is 0 Å². The van der Waals surface area contributed by atoms with E-state index >= 15 is 0 Å². The van der Waals surface area contributed by atoms with Gasteiger partial charge < -0.3 is 15.1 Å². The number of aliphatic imine (C=N–C) groups is 1. The maximum Gasteiger partial charge on any atom is 0.193 e. The molecule has 1 saturated heterocycles. The lowest BCUT2D eigenvalue weighted by Gasteiger charge is -2.37. The molecule has 1 fully saturated rings. The van der Waals surface area contributed by atoms with Crippen LogP contribution in [0.2, 0.25) is 0 Å². The van der Waals surface area contributed by atoms with Gasteiger partial charge in [-0.15, -0.1) is 0 Å². The molecule has 0 amide bonds. The summed E-state index contributed by atoms with van der Waals surface area (Å²) in [6, 6.07) is 18.7. The Kier molecular flexibility index (Phi) is 7.48. The Morgan fingerprint density at radius 1 is 1.07 bits per heavy atom. The molecule has 28 heavy (non-hydrogen) atoms. The second-order valence-electron chi connectivity index (χ2n) is 7.06. The zero-order valence-corrected chi connectivity index (χ0v) is 17.6. The number of rotatable bonds is 6. The Morgan fingerprint density at radius 3 is 2.50 bits per heavy atom. The van der Waals surface area contributed by atoms with Crippen molar-refractivity contribution >= 4 is 22.4 Å². The lowest BCUT2D eigenvalue weighted by atomic mass is 10.2. The first kappa shape index (κ1) is 20.4. The van der Waals surface area contributed by atoms with E-state index in [0.717, 1.165) is 37.7 Å². The average Bonchev–Trinajstić information content (AvgIpc) is 2.72. The van der Waals surface area contributed by atoms with Gasteiger partial charge in [0.05, 0.1) is 0 Å². The van der Waals surface area contributed by atoms with Crippen LogP contribution in [0.4, 0.5) is 5.69 Å². The van der Waals surface area contributed by atoms with Crippen LogP contribution in [0.15, 0.2) is 59.6 Å². The number of anilines is 1. The number of guanidine groups is 1. The Labute approximate surface area is 170 Å². The van der Waals surface area contributed by atoms with Crippen LogP contribution >= 0.6 is 0 Å². The van der Waals surface area contributed by atoms with E-state index in [4.69, 9.17) is 0 Å². The third-order valence-electron chi connectivity index (χ3n) is 4.94. The fourth-order valence-electron chi connectivity index (χ4n) is 3.44. The van der Waals surface area contributed by atoms with Crippen LogP contribution in [0.5, 0.6) is 0 Å². The van der Waals surface area contributed by atoms with Crippen molar-refractivity contribution in [3.8, 4) is 0 Å². The fourth-order valence-corrected chi connectivity index (χ4v) is 4.48. The van der Waals surface area contributed by atoms with Gasteiger partial charge in [0.25, 0.3) is 0 Å². The van der Waals surface area contributed by atoms with Crippen molar-refractivity contribution in [3.05, 3.63) is 65.7 Å². The van der Waals surface area contributed by atoms with E-state index in [9.17, 15) is 4.21 Å². The predicted octanol–water partition coefficient (Wildman–Crippen LogP) is 2.64. The highest BCUT2D eigenvalue weighted by Crippen LogP contribution is 2.17. The van der Waals surface area contributed by atoms with Crippen molar-refractivity contribution in [2.75, 3.05) is 50.4 Å². The van der Waals surface area contributed by atoms with Gasteiger partial charge in [-0.3, -0.25) is 9.20 Å². The quantitative estimate of drug-likeness (QED) is 0.600. The molecule has 0 saturated carbocycles. The smallest absolute Gasteiger partial charge is 0.193 e. The lowest BCUT2D eigenvalue weighted by Crippen LogP contribution is -2.53. The molecule has 1 aliphatic heterocycles. The van der Waals surface area contributed by atoms with Crippen LogP contribution in [0.25, 0.3) is 0 Å². The molecule has 1 aliphatic rings. The Bertz CT molecular complexity index is 801. The molecule has 150 valence electrons. The van der Waals surface area contributed by atoms with Gasteiger partial charge in [0, 0.05) is 67.8 Å². The minimum absolute atomic E-state index is 0.607. The summed E-state index contributed by atoms with van der Waals surface area (Å²) in [5, 5.41) is 3.38. The Morgan fingerprint density at radius 2 is 1.82 bits per heavy atom. The molecular formula is C22H30N4OS. The monoisotopic (exact) mass is 398 g/mol. The molecule has 6 heteroatoms. The number of piperazine rings is 1. The molecule has 0 spiro atoms. The van der Waals surface area contributed by atoms with Crippen molar-refractivity contribution in [2.45, 2.75) is 12.7 Å². The van der Waals surface area contributed by atoms with Gasteiger partial charge in [-0.25, -0.2) is 0 Å². The molecule has 0 aliphatic carbocycles. The van der Waals surface area contributed by atoms with Crippen LogP contribution in [-0.2, 0) is 16.6 Å². The first-order chi connectivity index (χ1) is 13.7. The highest BCUT2D eigenvalue weighted by Gasteiger charge is 2.19. The van der Waals surface area contributed by atoms with Gasteiger partial charge in [-0.1, -0.05) is 42.5 Å². The van der Waals surface area contributed by atoms with Crippen molar-refractivity contribution in [1.29, 1.82) is 0 Å². The Balaban J connectivity index is 1.43.